The highest BCUT2D eigenvalue weighted by Crippen LogP contribution is 2.29. The summed E-state index contributed by atoms with van der Waals surface area (Å²) in [7, 11) is 0. The Labute approximate surface area is 174 Å². The molecule has 0 spiro atoms. The second-order valence-electron chi connectivity index (χ2n) is 5.20. The Balaban J connectivity index is 1.97. The molecule has 1 unspecified atom stereocenters. The van der Waals surface area contributed by atoms with Gasteiger partial charge in [0.15, 0.2) is 11.2 Å². The number of halogens is 3. The predicted molar refractivity (Wildman–Crippen MR) is 109 cm³/mol. The van der Waals surface area contributed by atoms with E-state index in [-0.39, 0.29) is 26.6 Å². The van der Waals surface area contributed by atoms with E-state index in [2.05, 4.69) is 10.6 Å². The summed E-state index contributed by atoms with van der Waals surface area (Å²) in [4.78, 5) is 22.5. The second kappa shape index (κ2) is 9.18. The van der Waals surface area contributed by atoms with Crippen molar-refractivity contribution in [1.82, 2.24) is 5.32 Å². The highest BCUT2D eigenvalue weighted by Gasteiger charge is 2.18. The van der Waals surface area contributed by atoms with E-state index in [9.17, 15) is 14.9 Å². The number of nitrogens with one attached hydrogen (secondary N) is 2. The molecule has 0 radical (unpaired) electrons. The summed E-state index contributed by atoms with van der Waals surface area (Å²) in [6, 6.07) is 8.64. The van der Waals surface area contributed by atoms with Crippen molar-refractivity contribution in [3.8, 4) is 5.75 Å². The number of amides is 1. The van der Waals surface area contributed by atoms with E-state index in [4.69, 9.17) is 51.8 Å². The van der Waals surface area contributed by atoms with Crippen LogP contribution in [0.15, 0.2) is 36.4 Å². The maximum atomic E-state index is 12.2. The Hall–Kier alpha value is -2.13. The molecule has 142 valence electrons. The van der Waals surface area contributed by atoms with Gasteiger partial charge in [-0.05, 0) is 49.5 Å². The maximum Gasteiger partial charge on any atom is 0.289 e. The smallest absolute Gasteiger partial charge is 0.289 e. The van der Waals surface area contributed by atoms with Crippen molar-refractivity contribution < 1.29 is 14.5 Å². The van der Waals surface area contributed by atoms with Gasteiger partial charge in [0.1, 0.15) is 10.8 Å². The molecule has 7 nitrogen and oxygen atoms in total. The molecule has 1 amide bonds. The van der Waals surface area contributed by atoms with Gasteiger partial charge in [0.05, 0.1) is 9.95 Å². The minimum Gasteiger partial charge on any atom is -0.479 e. The molecule has 11 heteroatoms. The van der Waals surface area contributed by atoms with Gasteiger partial charge in [0.2, 0.25) is 0 Å². The Bertz CT molecular complexity index is 910. The van der Waals surface area contributed by atoms with Crippen LogP contribution in [0.25, 0.3) is 0 Å². The first-order valence-electron chi connectivity index (χ1n) is 7.35. The monoisotopic (exact) mass is 447 g/mol. The number of nitrogens with zero attached hydrogens (tertiary/aromatic N) is 1. The molecule has 0 fully saturated rings. The van der Waals surface area contributed by atoms with Crippen molar-refractivity contribution in [1.29, 1.82) is 0 Å². The molecule has 0 saturated heterocycles. The summed E-state index contributed by atoms with van der Waals surface area (Å²) in [5.41, 5.74) is 0.00981. The third kappa shape index (κ3) is 5.93. The zero-order valence-corrected chi connectivity index (χ0v) is 16.7. The highest BCUT2D eigenvalue weighted by atomic mass is 35.5. The first kappa shape index (κ1) is 21.2. The quantitative estimate of drug-likeness (QED) is 0.386. The summed E-state index contributed by atoms with van der Waals surface area (Å²) in [6.07, 6.45) is -0.914. The van der Waals surface area contributed by atoms with Crippen LogP contribution in [0.1, 0.15) is 6.92 Å². The number of ether oxygens (including phenoxy) is 1. The lowest BCUT2D eigenvalue weighted by molar-refractivity contribution is -0.384. The third-order valence-corrected chi connectivity index (χ3v) is 4.26. The molecular formula is C16H12Cl3N3O4S. The Kier molecular flexibility index (Phi) is 7.20. The molecule has 0 aliphatic rings. The molecule has 0 saturated carbocycles. The van der Waals surface area contributed by atoms with E-state index in [0.717, 1.165) is 0 Å². The number of hydrogen-bond acceptors (Lipinski definition) is 5. The molecule has 1 atom stereocenters. The SMILES string of the molecule is CC(Oc1ccc(Cl)cc1Cl)C(=O)NC(=S)Nc1ccc(Cl)c([N+](=O)[O-])c1. The van der Waals surface area contributed by atoms with Gasteiger partial charge in [0, 0.05) is 16.8 Å². The van der Waals surface area contributed by atoms with E-state index in [1.54, 1.807) is 6.07 Å². The fraction of sp³-hybridized carbons (Fsp3) is 0.125. The van der Waals surface area contributed by atoms with Crippen LogP contribution in [0.4, 0.5) is 11.4 Å². The number of anilines is 1. The minimum absolute atomic E-state index is 0.0117. The molecule has 0 aromatic heterocycles. The van der Waals surface area contributed by atoms with E-state index in [1.165, 1.54) is 37.3 Å². The summed E-state index contributed by atoms with van der Waals surface area (Å²) in [6.45, 7) is 1.51. The number of rotatable bonds is 5. The molecule has 2 aromatic rings. The summed E-state index contributed by atoms with van der Waals surface area (Å²) >= 11 is 22.6. The fourth-order valence-corrected chi connectivity index (χ4v) is 2.78. The number of carbonyl (C=O) groups is 1. The molecule has 2 rings (SSSR count). The number of nitro benzene ring substituents is 1. The molecule has 0 heterocycles. The number of hydrogen-bond donors (Lipinski definition) is 2. The lowest BCUT2D eigenvalue weighted by Crippen LogP contribution is -2.42. The van der Waals surface area contributed by atoms with Gasteiger partial charge < -0.3 is 10.1 Å². The van der Waals surface area contributed by atoms with Crippen molar-refractivity contribution in [2.45, 2.75) is 13.0 Å². The first-order chi connectivity index (χ1) is 12.7. The Morgan fingerprint density at radius 2 is 1.89 bits per heavy atom. The summed E-state index contributed by atoms with van der Waals surface area (Å²) in [5, 5.41) is 16.6. The average Bonchev–Trinajstić information content (AvgIpc) is 2.58. The normalized spacial score (nSPS) is 11.4. The van der Waals surface area contributed by atoms with Gasteiger partial charge in [-0.3, -0.25) is 20.2 Å². The fourth-order valence-electron chi connectivity index (χ4n) is 1.92. The largest absolute Gasteiger partial charge is 0.479 e. The molecule has 0 aliphatic heterocycles. The summed E-state index contributed by atoms with van der Waals surface area (Å²) < 4.78 is 5.48. The lowest BCUT2D eigenvalue weighted by atomic mass is 10.3. The number of thiocarbonyl (C=S) groups is 1. The van der Waals surface area contributed by atoms with Crippen molar-refractivity contribution in [3.05, 3.63) is 61.6 Å². The zero-order valence-electron chi connectivity index (χ0n) is 13.7. The van der Waals surface area contributed by atoms with Crippen LogP contribution in [0.2, 0.25) is 15.1 Å². The van der Waals surface area contributed by atoms with Gasteiger partial charge in [0.25, 0.3) is 11.6 Å². The number of benzene rings is 2. The number of carbonyl (C=O) groups excluding carboxylic acids is 1. The van der Waals surface area contributed by atoms with Gasteiger partial charge in [-0.2, -0.15) is 0 Å². The molecular weight excluding hydrogens is 437 g/mol. The van der Waals surface area contributed by atoms with E-state index in [0.29, 0.717) is 10.7 Å². The maximum absolute atomic E-state index is 12.2. The highest BCUT2D eigenvalue weighted by molar-refractivity contribution is 7.80. The molecule has 27 heavy (non-hydrogen) atoms. The van der Waals surface area contributed by atoms with Crippen LogP contribution in [0.5, 0.6) is 5.75 Å². The number of nitro groups is 1. The summed E-state index contributed by atoms with van der Waals surface area (Å²) in [5.74, 6) is -0.252. The molecule has 2 aromatic carbocycles. The van der Waals surface area contributed by atoms with Crippen molar-refractivity contribution >= 4 is 69.4 Å². The van der Waals surface area contributed by atoms with Crippen LogP contribution < -0.4 is 15.4 Å². The van der Waals surface area contributed by atoms with Gasteiger partial charge in [-0.25, -0.2) is 0 Å². The average molecular weight is 449 g/mol. The topological polar surface area (TPSA) is 93.5 Å². The van der Waals surface area contributed by atoms with Crippen molar-refractivity contribution in [3.63, 3.8) is 0 Å². The van der Waals surface area contributed by atoms with Crippen molar-refractivity contribution in [2.24, 2.45) is 0 Å². The third-order valence-electron chi connectivity index (χ3n) is 3.20. The van der Waals surface area contributed by atoms with Crippen LogP contribution in [-0.4, -0.2) is 22.0 Å². The van der Waals surface area contributed by atoms with Crippen LogP contribution in [-0.2, 0) is 4.79 Å². The second-order valence-corrected chi connectivity index (χ2v) is 6.86. The lowest BCUT2D eigenvalue weighted by Gasteiger charge is -2.16. The minimum atomic E-state index is -0.914. The Morgan fingerprint density at radius 3 is 2.52 bits per heavy atom. The zero-order chi connectivity index (χ0) is 20.1. The van der Waals surface area contributed by atoms with Gasteiger partial charge >= 0.3 is 0 Å². The molecule has 0 bridgehead atoms. The van der Waals surface area contributed by atoms with Crippen LogP contribution >= 0.6 is 47.0 Å². The van der Waals surface area contributed by atoms with Gasteiger partial charge in [-0.15, -0.1) is 0 Å². The van der Waals surface area contributed by atoms with Crippen molar-refractivity contribution in [2.75, 3.05) is 5.32 Å². The first-order valence-corrected chi connectivity index (χ1v) is 8.89. The van der Waals surface area contributed by atoms with Gasteiger partial charge in [-0.1, -0.05) is 34.8 Å². The molecule has 0 aliphatic carbocycles. The predicted octanol–water partition coefficient (Wildman–Crippen LogP) is 4.84. The standard InChI is InChI=1S/C16H12Cl3N3O4S/c1-8(26-14-5-2-9(17)6-12(14)19)15(23)21-16(27)20-10-3-4-11(18)13(7-10)22(24)25/h2-8H,1H3,(H2,20,21,23,27). The van der Waals surface area contributed by atoms with E-state index < -0.39 is 16.9 Å². The van der Waals surface area contributed by atoms with E-state index in [1.807, 2.05) is 0 Å². The van der Waals surface area contributed by atoms with E-state index >= 15 is 0 Å². The Morgan fingerprint density at radius 1 is 1.19 bits per heavy atom. The van der Waals surface area contributed by atoms with Crippen LogP contribution in [0, 0.1) is 10.1 Å². The molecule has 2 N–H and O–H groups in total. The van der Waals surface area contributed by atoms with Crippen LogP contribution in [0.3, 0.4) is 0 Å².